The van der Waals surface area contributed by atoms with Crippen molar-refractivity contribution >= 4 is 28.3 Å². The summed E-state index contributed by atoms with van der Waals surface area (Å²) in [4.78, 5) is 8.07. The molecule has 0 amide bonds. The number of likely N-dealkylation sites (N-methyl/N-ethyl adjacent to an activating group) is 1. The Morgan fingerprint density at radius 3 is 3.27 bits per heavy atom. The van der Waals surface area contributed by atoms with Gasteiger partial charge in [0.25, 0.3) is 0 Å². The van der Waals surface area contributed by atoms with Crippen molar-refractivity contribution in [2.75, 3.05) is 13.6 Å². The maximum Gasteiger partial charge on any atom is 0.0798 e. The fourth-order valence-corrected chi connectivity index (χ4v) is 2.14. The Hall–Kier alpha value is 0.0700. The van der Waals surface area contributed by atoms with E-state index in [0.29, 0.717) is 0 Å². The van der Waals surface area contributed by atoms with Crippen molar-refractivity contribution < 1.29 is 0 Å². The Morgan fingerprint density at radius 1 is 1.64 bits per heavy atom. The predicted octanol–water partition coefficient (Wildman–Crippen LogP) is 1.71. The molecule has 1 aromatic rings. The first-order valence-corrected chi connectivity index (χ1v) is 4.34. The molecule has 0 bridgehead atoms. The SMILES string of the molecule is Br.CN1CCc2ncsc2C1. The van der Waals surface area contributed by atoms with Crippen molar-refractivity contribution in [1.29, 1.82) is 0 Å². The second-order valence-electron chi connectivity index (χ2n) is 2.71. The number of fused-ring (bicyclic) bond motifs is 1. The van der Waals surface area contributed by atoms with Crippen LogP contribution in [0.4, 0.5) is 0 Å². The summed E-state index contributed by atoms with van der Waals surface area (Å²) >= 11 is 1.78. The zero-order valence-electron chi connectivity index (χ0n) is 6.41. The van der Waals surface area contributed by atoms with Crippen molar-refractivity contribution in [3.05, 3.63) is 16.1 Å². The van der Waals surface area contributed by atoms with Crippen LogP contribution in [0.15, 0.2) is 5.51 Å². The lowest BCUT2D eigenvalue weighted by Gasteiger charge is -2.20. The third kappa shape index (κ3) is 1.80. The Balaban J connectivity index is 0.000000605. The molecule has 2 nitrogen and oxygen atoms in total. The Kier molecular flexibility index (Phi) is 3.04. The second kappa shape index (κ2) is 3.65. The maximum absolute atomic E-state index is 4.28. The van der Waals surface area contributed by atoms with Gasteiger partial charge in [-0.25, -0.2) is 4.98 Å². The van der Waals surface area contributed by atoms with E-state index >= 15 is 0 Å². The van der Waals surface area contributed by atoms with Gasteiger partial charge in [0.05, 0.1) is 11.2 Å². The van der Waals surface area contributed by atoms with Gasteiger partial charge in [-0.2, -0.15) is 0 Å². The van der Waals surface area contributed by atoms with Crippen LogP contribution in [0.2, 0.25) is 0 Å². The molecule has 2 rings (SSSR count). The van der Waals surface area contributed by atoms with E-state index in [0.717, 1.165) is 19.5 Å². The highest BCUT2D eigenvalue weighted by molar-refractivity contribution is 8.93. The number of thiazole rings is 1. The van der Waals surface area contributed by atoms with Crippen LogP contribution in [0.1, 0.15) is 10.6 Å². The minimum atomic E-state index is 0. The van der Waals surface area contributed by atoms with Crippen molar-refractivity contribution in [2.24, 2.45) is 0 Å². The van der Waals surface area contributed by atoms with Crippen molar-refractivity contribution in [2.45, 2.75) is 13.0 Å². The van der Waals surface area contributed by atoms with Crippen LogP contribution < -0.4 is 0 Å². The first-order valence-electron chi connectivity index (χ1n) is 3.46. The molecule has 0 radical (unpaired) electrons. The molecule has 62 valence electrons. The first kappa shape index (κ1) is 9.16. The average molecular weight is 235 g/mol. The third-order valence-corrected chi connectivity index (χ3v) is 2.73. The molecule has 0 unspecified atom stereocenters. The Bertz CT molecular complexity index is 236. The lowest BCUT2D eigenvalue weighted by Crippen LogP contribution is -2.25. The van der Waals surface area contributed by atoms with Gasteiger partial charge < -0.3 is 4.90 Å². The number of halogens is 1. The summed E-state index contributed by atoms with van der Waals surface area (Å²) in [6, 6.07) is 0. The minimum absolute atomic E-state index is 0. The lowest BCUT2D eigenvalue weighted by atomic mass is 10.2. The third-order valence-electron chi connectivity index (χ3n) is 1.87. The molecular formula is C7H11BrN2S. The van der Waals surface area contributed by atoms with Gasteiger partial charge in [0, 0.05) is 24.4 Å². The van der Waals surface area contributed by atoms with Gasteiger partial charge in [-0.15, -0.1) is 28.3 Å². The van der Waals surface area contributed by atoms with Crippen LogP contribution >= 0.6 is 28.3 Å². The molecule has 1 aromatic heterocycles. The largest absolute Gasteiger partial charge is 0.301 e. The number of hydrogen-bond acceptors (Lipinski definition) is 3. The van der Waals surface area contributed by atoms with E-state index in [2.05, 4.69) is 16.9 Å². The summed E-state index contributed by atoms with van der Waals surface area (Å²) in [7, 11) is 2.16. The standard InChI is InChI=1S/C7H10N2S.BrH/c1-9-3-2-6-7(4-9)10-5-8-6;/h5H,2-4H2,1H3;1H. The fourth-order valence-electron chi connectivity index (χ4n) is 1.25. The quantitative estimate of drug-likeness (QED) is 0.680. The summed E-state index contributed by atoms with van der Waals surface area (Å²) < 4.78 is 0. The van der Waals surface area contributed by atoms with Crippen molar-refractivity contribution in [1.82, 2.24) is 9.88 Å². The van der Waals surface area contributed by atoms with Crippen LogP contribution in [0.5, 0.6) is 0 Å². The van der Waals surface area contributed by atoms with E-state index in [1.165, 1.54) is 10.6 Å². The molecule has 0 N–H and O–H groups in total. The molecule has 0 spiro atoms. The molecule has 0 fully saturated rings. The second-order valence-corrected chi connectivity index (χ2v) is 3.65. The normalized spacial score (nSPS) is 17.2. The van der Waals surface area contributed by atoms with E-state index in [9.17, 15) is 0 Å². The molecule has 4 heteroatoms. The van der Waals surface area contributed by atoms with Crippen molar-refractivity contribution in [3.8, 4) is 0 Å². The predicted molar refractivity (Wildman–Crippen MR) is 52.5 cm³/mol. The molecular weight excluding hydrogens is 224 g/mol. The van der Waals surface area contributed by atoms with E-state index in [4.69, 9.17) is 0 Å². The van der Waals surface area contributed by atoms with E-state index in [1.54, 1.807) is 11.3 Å². The van der Waals surface area contributed by atoms with Crippen LogP contribution in [-0.4, -0.2) is 23.5 Å². The smallest absolute Gasteiger partial charge is 0.0798 e. The van der Waals surface area contributed by atoms with Crippen LogP contribution in [0.25, 0.3) is 0 Å². The Labute approximate surface area is 81.0 Å². The molecule has 0 aromatic carbocycles. The van der Waals surface area contributed by atoms with Gasteiger partial charge in [-0.3, -0.25) is 0 Å². The average Bonchev–Trinajstić information content (AvgIpc) is 2.33. The number of hydrogen-bond donors (Lipinski definition) is 0. The molecule has 2 heterocycles. The maximum atomic E-state index is 4.28. The number of rotatable bonds is 0. The van der Waals surface area contributed by atoms with Crippen LogP contribution in [0, 0.1) is 0 Å². The van der Waals surface area contributed by atoms with E-state index in [1.807, 2.05) is 5.51 Å². The van der Waals surface area contributed by atoms with E-state index < -0.39 is 0 Å². The van der Waals surface area contributed by atoms with Crippen LogP contribution in [0.3, 0.4) is 0 Å². The van der Waals surface area contributed by atoms with Gasteiger partial charge in [0.2, 0.25) is 0 Å². The van der Waals surface area contributed by atoms with Gasteiger partial charge in [0.1, 0.15) is 0 Å². The molecule has 0 aliphatic carbocycles. The topological polar surface area (TPSA) is 16.1 Å². The monoisotopic (exact) mass is 234 g/mol. The molecule has 0 saturated heterocycles. The molecule has 0 saturated carbocycles. The minimum Gasteiger partial charge on any atom is -0.301 e. The van der Waals surface area contributed by atoms with Crippen LogP contribution in [-0.2, 0) is 13.0 Å². The summed E-state index contributed by atoms with van der Waals surface area (Å²) in [5.41, 5.74) is 3.27. The summed E-state index contributed by atoms with van der Waals surface area (Å²) in [5.74, 6) is 0. The highest BCUT2D eigenvalue weighted by Gasteiger charge is 2.14. The number of aromatic nitrogens is 1. The summed E-state index contributed by atoms with van der Waals surface area (Å²) in [6.07, 6.45) is 1.13. The Morgan fingerprint density at radius 2 is 2.45 bits per heavy atom. The zero-order chi connectivity index (χ0) is 6.97. The van der Waals surface area contributed by atoms with Gasteiger partial charge in [-0.1, -0.05) is 0 Å². The summed E-state index contributed by atoms with van der Waals surface area (Å²) in [6.45, 7) is 2.26. The first-order chi connectivity index (χ1) is 4.86. The highest BCUT2D eigenvalue weighted by Crippen LogP contribution is 2.19. The number of nitrogens with zero attached hydrogens (tertiary/aromatic N) is 2. The fraction of sp³-hybridized carbons (Fsp3) is 0.571. The van der Waals surface area contributed by atoms with Gasteiger partial charge in [0.15, 0.2) is 0 Å². The summed E-state index contributed by atoms with van der Waals surface area (Å²) in [5, 5.41) is 0. The zero-order valence-corrected chi connectivity index (χ0v) is 8.94. The van der Waals surface area contributed by atoms with Gasteiger partial charge >= 0.3 is 0 Å². The highest BCUT2D eigenvalue weighted by atomic mass is 79.9. The van der Waals surface area contributed by atoms with E-state index in [-0.39, 0.29) is 17.0 Å². The molecule has 11 heavy (non-hydrogen) atoms. The van der Waals surface area contributed by atoms with Gasteiger partial charge in [-0.05, 0) is 7.05 Å². The molecule has 1 aliphatic heterocycles. The molecule has 1 aliphatic rings. The van der Waals surface area contributed by atoms with Crippen molar-refractivity contribution in [3.63, 3.8) is 0 Å². The molecule has 0 atom stereocenters. The lowest BCUT2D eigenvalue weighted by molar-refractivity contribution is 0.314.